The molecule has 0 spiro atoms. The Morgan fingerprint density at radius 1 is 1.42 bits per heavy atom. The summed E-state index contributed by atoms with van der Waals surface area (Å²) >= 11 is 0. The average Bonchev–Trinajstić information content (AvgIpc) is 3.22. The van der Waals surface area contributed by atoms with Gasteiger partial charge in [-0.3, -0.25) is 9.78 Å². The largest absolute Gasteiger partial charge is 0.478 e. The number of hydrogen-bond acceptors (Lipinski definition) is 4. The number of nitrogens with one attached hydrogen (secondary N) is 1. The molecule has 0 aromatic carbocycles. The third kappa shape index (κ3) is 4.03. The molecule has 1 fully saturated rings. The number of pyridine rings is 1. The van der Waals surface area contributed by atoms with E-state index in [-0.39, 0.29) is 11.1 Å². The number of aromatic carboxylic acids is 1. The first-order valence-electron chi connectivity index (χ1n) is 6.21. The third-order valence-corrected chi connectivity index (χ3v) is 2.88. The number of carbonyl (C=O) groups is 2. The van der Waals surface area contributed by atoms with E-state index in [0.29, 0.717) is 19.1 Å². The number of carboxylic acids is 1. The van der Waals surface area contributed by atoms with Crippen LogP contribution in [0.5, 0.6) is 0 Å². The van der Waals surface area contributed by atoms with E-state index in [1.54, 1.807) is 0 Å². The van der Waals surface area contributed by atoms with Gasteiger partial charge in [0.1, 0.15) is 0 Å². The van der Waals surface area contributed by atoms with Gasteiger partial charge < -0.3 is 15.2 Å². The molecule has 1 aromatic heterocycles. The van der Waals surface area contributed by atoms with E-state index in [1.165, 1.54) is 31.3 Å². The zero-order chi connectivity index (χ0) is 13.7. The van der Waals surface area contributed by atoms with Crippen LogP contribution < -0.4 is 5.32 Å². The maximum atomic E-state index is 11.8. The minimum Gasteiger partial charge on any atom is -0.478 e. The highest BCUT2D eigenvalue weighted by atomic mass is 16.5. The van der Waals surface area contributed by atoms with Crippen LogP contribution in [0, 0.1) is 5.92 Å². The quantitative estimate of drug-likeness (QED) is 0.715. The summed E-state index contributed by atoms with van der Waals surface area (Å²) in [5.41, 5.74) is 0.0172. The van der Waals surface area contributed by atoms with Crippen molar-refractivity contribution in [2.45, 2.75) is 12.8 Å². The standard InChI is InChI=1S/C13H16N2O4/c16-12(15-5-6-19-8-9-1-2-9)10-3-4-14-7-11(10)13(17)18/h3-4,7,9H,1-2,5-6,8H2,(H,15,16)(H,17,18). The van der Waals surface area contributed by atoms with Crippen molar-refractivity contribution in [1.82, 2.24) is 10.3 Å². The molecule has 1 heterocycles. The van der Waals surface area contributed by atoms with Crippen LogP contribution in [0.2, 0.25) is 0 Å². The number of rotatable bonds is 7. The summed E-state index contributed by atoms with van der Waals surface area (Å²) < 4.78 is 5.38. The zero-order valence-electron chi connectivity index (χ0n) is 10.5. The van der Waals surface area contributed by atoms with Gasteiger partial charge in [-0.2, -0.15) is 0 Å². The number of aromatic nitrogens is 1. The van der Waals surface area contributed by atoms with E-state index in [0.717, 1.165) is 6.61 Å². The lowest BCUT2D eigenvalue weighted by Crippen LogP contribution is -2.29. The van der Waals surface area contributed by atoms with Gasteiger partial charge in [-0.05, 0) is 24.8 Å². The molecule has 19 heavy (non-hydrogen) atoms. The Hall–Kier alpha value is -1.95. The van der Waals surface area contributed by atoms with Crippen LogP contribution in [-0.2, 0) is 4.74 Å². The summed E-state index contributed by atoms with van der Waals surface area (Å²) in [7, 11) is 0. The molecule has 6 heteroatoms. The summed E-state index contributed by atoms with van der Waals surface area (Å²) in [4.78, 5) is 26.5. The first-order chi connectivity index (χ1) is 9.18. The Morgan fingerprint density at radius 2 is 2.21 bits per heavy atom. The van der Waals surface area contributed by atoms with E-state index >= 15 is 0 Å². The lowest BCUT2D eigenvalue weighted by molar-refractivity contribution is 0.0690. The molecule has 0 atom stereocenters. The molecule has 0 bridgehead atoms. The molecule has 2 N–H and O–H groups in total. The van der Waals surface area contributed by atoms with Gasteiger partial charge >= 0.3 is 5.97 Å². The van der Waals surface area contributed by atoms with Crippen LogP contribution in [0.15, 0.2) is 18.5 Å². The van der Waals surface area contributed by atoms with E-state index in [9.17, 15) is 9.59 Å². The molecule has 6 nitrogen and oxygen atoms in total. The van der Waals surface area contributed by atoms with Crippen molar-refractivity contribution in [3.05, 3.63) is 29.6 Å². The number of hydrogen-bond donors (Lipinski definition) is 2. The summed E-state index contributed by atoms with van der Waals surface area (Å²) in [6, 6.07) is 1.39. The second-order valence-electron chi connectivity index (χ2n) is 4.50. The van der Waals surface area contributed by atoms with Crippen LogP contribution in [0.4, 0.5) is 0 Å². The highest BCUT2D eigenvalue weighted by Crippen LogP contribution is 2.28. The Labute approximate surface area is 110 Å². The normalized spacial score (nSPS) is 14.1. The number of ether oxygens (including phenoxy) is 1. The average molecular weight is 264 g/mol. The number of nitrogens with zero attached hydrogens (tertiary/aromatic N) is 1. The van der Waals surface area contributed by atoms with Crippen LogP contribution in [0.3, 0.4) is 0 Å². The van der Waals surface area contributed by atoms with E-state index in [1.807, 2.05) is 0 Å². The lowest BCUT2D eigenvalue weighted by atomic mass is 10.1. The van der Waals surface area contributed by atoms with E-state index in [2.05, 4.69) is 10.3 Å². The van der Waals surface area contributed by atoms with Crippen molar-refractivity contribution in [3.8, 4) is 0 Å². The summed E-state index contributed by atoms with van der Waals surface area (Å²) in [5.74, 6) is -0.896. The second-order valence-corrected chi connectivity index (χ2v) is 4.50. The molecule has 2 rings (SSSR count). The van der Waals surface area contributed by atoms with Gasteiger partial charge in [0.2, 0.25) is 0 Å². The van der Waals surface area contributed by atoms with Crippen molar-refractivity contribution in [2.24, 2.45) is 5.92 Å². The van der Waals surface area contributed by atoms with Crippen LogP contribution in [0.25, 0.3) is 0 Å². The molecule has 1 amide bonds. The molecule has 1 aliphatic rings. The Kier molecular flexibility index (Phi) is 4.46. The number of carbonyl (C=O) groups excluding carboxylic acids is 1. The van der Waals surface area contributed by atoms with Gasteiger partial charge in [-0.15, -0.1) is 0 Å². The smallest absolute Gasteiger partial charge is 0.338 e. The molecule has 1 saturated carbocycles. The van der Waals surface area contributed by atoms with Crippen molar-refractivity contribution >= 4 is 11.9 Å². The van der Waals surface area contributed by atoms with Gasteiger partial charge in [-0.25, -0.2) is 4.79 Å². The lowest BCUT2D eigenvalue weighted by Gasteiger charge is -2.07. The van der Waals surface area contributed by atoms with Crippen LogP contribution in [-0.4, -0.2) is 41.7 Å². The molecule has 0 radical (unpaired) electrons. The summed E-state index contributed by atoms with van der Waals surface area (Å²) in [6.45, 7) is 1.55. The Morgan fingerprint density at radius 3 is 2.89 bits per heavy atom. The number of carboxylic acid groups (broad SMARTS) is 1. The fourth-order valence-corrected chi connectivity index (χ4v) is 1.63. The van der Waals surface area contributed by atoms with Gasteiger partial charge in [0.05, 0.1) is 17.7 Å². The van der Waals surface area contributed by atoms with Gasteiger partial charge in [0.25, 0.3) is 5.91 Å². The van der Waals surface area contributed by atoms with E-state index in [4.69, 9.17) is 9.84 Å². The molecule has 1 aliphatic carbocycles. The van der Waals surface area contributed by atoms with Gasteiger partial charge in [0, 0.05) is 25.5 Å². The maximum absolute atomic E-state index is 11.8. The fourth-order valence-electron chi connectivity index (χ4n) is 1.63. The molecule has 0 unspecified atom stereocenters. The minimum absolute atomic E-state index is 0.0982. The van der Waals surface area contributed by atoms with Crippen molar-refractivity contribution < 1.29 is 19.4 Å². The monoisotopic (exact) mass is 264 g/mol. The SMILES string of the molecule is O=C(O)c1cnccc1C(=O)NCCOCC1CC1. The molecule has 102 valence electrons. The van der Waals surface area contributed by atoms with E-state index < -0.39 is 11.9 Å². The summed E-state index contributed by atoms with van der Waals surface area (Å²) in [5, 5.41) is 11.6. The first-order valence-corrected chi connectivity index (χ1v) is 6.21. The van der Waals surface area contributed by atoms with Crippen molar-refractivity contribution in [2.75, 3.05) is 19.8 Å². The third-order valence-electron chi connectivity index (χ3n) is 2.88. The minimum atomic E-state index is -1.16. The van der Waals surface area contributed by atoms with Gasteiger partial charge in [-0.1, -0.05) is 0 Å². The Balaban J connectivity index is 1.79. The maximum Gasteiger partial charge on any atom is 0.338 e. The van der Waals surface area contributed by atoms with Gasteiger partial charge in [0.15, 0.2) is 0 Å². The molecular weight excluding hydrogens is 248 g/mol. The highest BCUT2D eigenvalue weighted by molar-refractivity contribution is 6.04. The fraction of sp³-hybridized carbons (Fsp3) is 0.462. The number of amides is 1. The summed E-state index contributed by atoms with van der Waals surface area (Å²) in [6.07, 6.45) is 5.02. The second kappa shape index (κ2) is 6.29. The predicted molar refractivity (Wildman–Crippen MR) is 67.1 cm³/mol. The molecular formula is C13H16N2O4. The Bertz CT molecular complexity index is 471. The van der Waals surface area contributed by atoms with Crippen LogP contribution >= 0.6 is 0 Å². The van der Waals surface area contributed by atoms with Crippen molar-refractivity contribution in [3.63, 3.8) is 0 Å². The molecule has 0 saturated heterocycles. The predicted octanol–water partition coefficient (Wildman–Crippen LogP) is 0.936. The highest BCUT2D eigenvalue weighted by Gasteiger charge is 2.21. The van der Waals surface area contributed by atoms with Crippen LogP contribution in [0.1, 0.15) is 33.6 Å². The zero-order valence-corrected chi connectivity index (χ0v) is 10.5. The van der Waals surface area contributed by atoms with Crippen molar-refractivity contribution in [1.29, 1.82) is 0 Å². The molecule has 1 aromatic rings. The topological polar surface area (TPSA) is 88.5 Å². The first kappa shape index (κ1) is 13.5. The molecule has 0 aliphatic heterocycles.